The highest BCUT2D eigenvalue weighted by Crippen LogP contribution is 2.57. The molecule has 0 radical (unpaired) electrons. The van der Waals surface area contributed by atoms with E-state index in [1.165, 1.54) is 32.1 Å². The van der Waals surface area contributed by atoms with Crippen LogP contribution in [0.4, 0.5) is 11.5 Å². The lowest BCUT2D eigenvalue weighted by atomic mass is 9.77. The predicted octanol–water partition coefficient (Wildman–Crippen LogP) is 5.60. The molecule has 3 N–H and O–H groups in total. The van der Waals surface area contributed by atoms with Crippen LogP contribution in [0.3, 0.4) is 0 Å². The molecule has 0 bridgehead atoms. The Labute approximate surface area is 184 Å². The molecule has 1 aromatic carbocycles. The minimum atomic E-state index is -0.177. The highest BCUT2D eigenvalue weighted by molar-refractivity contribution is 6.35. The highest BCUT2D eigenvalue weighted by atomic mass is 35.5. The van der Waals surface area contributed by atoms with Gasteiger partial charge in [-0.15, -0.1) is 0 Å². The first-order valence-electron chi connectivity index (χ1n) is 11.4. The molecule has 0 saturated heterocycles. The number of amides is 1. The van der Waals surface area contributed by atoms with Gasteiger partial charge in [0.2, 0.25) is 5.91 Å². The largest absolute Gasteiger partial charge is 0.368 e. The number of benzene rings is 1. The van der Waals surface area contributed by atoms with Crippen LogP contribution in [0.5, 0.6) is 0 Å². The number of rotatable bonds is 8. The summed E-state index contributed by atoms with van der Waals surface area (Å²) in [6.07, 6.45) is 9.19. The Hall–Kier alpha value is -1.85. The topological polar surface area (TPSA) is 66.0 Å². The van der Waals surface area contributed by atoms with Gasteiger partial charge >= 0.3 is 0 Å². The number of nitrogens with one attached hydrogen (secondary N) is 3. The van der Waals surface area contributed by atoms with Crippen LogP contribution in [0.1, 0.15) is 58.3 Å². The quantitative estimate of drug-likeness (QED) is 0.512. The van der Waals surface area contributed by atoms with E-state index >= 15 is 0 Å². The van der Waals surface area contributed by atoms with Crippen LogP contribution in [-0.4, -0.2) is 30.5 Å². The van der Waals surface area contributed by atoms with Gasteiger partial charge in [-0.2, -0.15) is 0 Å². The number of fused-ring (bicyclic) bond motifs is 1. The normalized spacial score (nSPS) is 19.4. The minimum absolute atomic E-state index is 0.145. The zero-order valence-corrected chi connectivity index (χ0v) is 18.8. The number of pyridine rings is 1. The molecule has 1 unspecified atom stereocenters. The fourth-order valence-corrected chi connectivity index (χ4v) is 5.13. The molecule has 2 aromatic rings. The van der Waals surface area contributed by atoms with Crippen LogP contribution in [0.15, 0.2) is 24.3 Å². The highest BCUT2D eigenvalue weighted by Gasteiger charge is 2.55. The lowest BCUT2D eigenvalue weighted by molar-refractivity contribution is -0.123. The third kappa shape index (κ3) is 4.42. The Morgan fingerprint density at radius 1 is 1.20 bits per heavy atom. The lowest BCUT2D eigenvalue weighted by Crippen LogP contribution is -2.32. The molecule has 6 heteroatoms. The summed E-state index contributed by atoms with van der Waals surface area (Å²) in [6.45, 7) is 3.10. The van der Waals surface area contributed by atoms with Crippen molar-refractivity contribution in [3.63, 3.8) is 0 Å². The molecule has 0 spiro atoms. The van der Waals surface area contributed by atoms with E-state index in [0.717, 1.165) is 42.5 Å². The van der Waals surface area contributed by atoms with Crippen LogP contribution in [0, 0.1) is 11.3 Å². The average molecular weight is 429 g/mol. The molecule has 1 amide bonds. The monoisotopic (exact) mass is 428 g/mol. The number of anilines is 2. The van der Waals surface area contributed by atoms with Crippen molar-refractivity contribution in [1.29, 1.82) is 0 Å². The molecule has 1 aromatic heterocycles. The number of carbonyl (C=O) groups is 1. The summed E-state index contributed by atoms with van der Waals surface area (Å²) in [6, 6.07) is 8.06. The zero-order chi connectivity index (χ0) is 21.1. The van der Waals surface area contributed by atoms with Crippen LogP contribution < -0.4 is 16.0 Å². The van der Waals surface area contributed by atoms with Gasteiger partial charge in [-0.1, -0.05) is 30.9 Å². The van der Waals surface area contributed by atoms with Crippen molar-refractivity contribution < 1.29 is 4.79 Å². The second-order valence-corrected chi connectivity index (χ2v) is 9.48. The van der Waals surface area contributed by atoms with Gasteiger partial charge in [0.1, 0.15) is 5.82 Å². The van der Waals surface area contributed by atoms with E-state index in [4.69, 9.17) is 16.6 Å². The summed E-state index contributed by atoms with van der Waals surface area (Å²) in [5, 5.41) is 11.3. The van der Waals surface area contributed by atoms with Gasteiger partial charge < -0.3 is 16.0 Å². The second kappa shape index (κ2) is 9.11. The average Bonchev–Trinajstić information content (AvgIpc) is 3.57. The fourth-order valence-electron chi connectivity index (χ4n) is 4.92. The summed E-state index contributed by atoms with van der Waals surface area (Å²) in [5.74, 6) is 1.51. The van der Waals surface area contributed by atoms with Crippen molar-refractivity contribution in [3.05, 3.63) is 29.3 Å². The van der Waals surface area contributed by atoms with E-state index in [1.807, 2.05) is 31.3 Å². The first kappa shape index (κ1) is 21.4. The molecule has 30 heavy (non-hydrogen) atoms. The third-order valence-corrected chi connectivity index (χ3v) is 7.22. The van der Waals surface area contributed by atoms with Gasteiger partial charge in [0.25, 0.3) is 0 Å². The third-order valence-electron chi connectivity index (χ3n) is 6.91. The number of hydrogen-bond donors (Lipinski definition) is 3. The summed E-state index contributed by atoms with van der Waals surface area (Å²) < 4.78 is 0. The fraction of sp³-hybridized carbons (Fsp3) is 0.583. The summed E-state index contributed by atoms with van der Waals surface area (Å²) in [4.78, 5) is 18.1. The van der Waals surface area contributed by atoms with Crippen LogP contribution in [0.25, 0.3) is 10.9 Å². The number of hydrogen-bond acceptors (Lipinski definition) is 4. The summed E-state index contributed by atoms with van der Waals surface area (Å²) in [5.41, 5.74) is 1.36. The Morgan fingerprint density at radius 2 is 1.97 bits per heavy atom. The van der Waals surface area contributed by atoms with Crippen molar-refractivity contribution in [2.45, 2.75) is 64.3 Å². The van der Waals surface area contributed by atoms with Crippen molar-refractivity contribution in [3.8, 4) is 0 Å². The van der Waals surface area contributed by atoms with Gasteiger partial charge in [-0.25, -0.2) is 4.98 Å². The van der Waals surface area contributed by atoms with E-state index < -0.39 is 0 Å². The van der Waals surface area contributed by atoms with Crippen molar-refractivity contribution in [2.75, 3.05) is 24.2 Å². The van der Waals surface area contributed by atoms with E-state index in [1.54, 1.807) is 0 Å². The smallest absolute Gasteiger partial charge is 0.230 e. The molecule has 1 atom stereocenters. The van der Waals surface area contributed by atoms with Gasteiger partial charge in [-0.05, 0) is 82.8 Å². The van der Waals surface area contributed by atoms with Gasteiger partial charge in [0.15, 0.2) is 0 Å². The van der Waals surface area contributed by atoms with E-state index in [2.05, 4.69) is 22.9 Å². The van der Waals surface area contributed by atoms with Crippen molar-refractivity contribution >= 4 is 39.9 Å². The zero-order valence-electron chi connectivity index (χ0n) is 18.1. The SMILES string of the molecule is CNCCC(C)Nc1ccc2c(NC(=O)C3(C4CCCCC4)CC3)c(Cl)ccc2n1. The van der Waals surface area contributed by atoms with E-state index in [9.17, 15) is 4.79 Å². The van der Waals surface area contributed by atoms with Crippen LogP contribution in [0.2, 0.25) is 5.02 Å². The van der Waals surface area contributed by atoms with Gasteiger partial charge in [0, 0.05) is 11.4 Å². The van der Waals surface area contributed by atoms with E-state index in [-0.39, 0.29) is 11.3 Å². The molecule has 162 valence electrons. The lowest BCUT2D eigenvalue weighted by Gasteiger charge is -2.29. The molecule has 2 aliphatic carbocycles. The molecule has 2 aliphatic rings. The first-order valence-corrected chi connectivity index (χ1v) is 11.7. The van der Waals surface area contributed by atoms with Crippen molar-refractivity contribution in [2.24, 2.45) is 11.3 Å². The first-order chi connectivity index (χ1) is 14.5. The van der Waals surface area contributed by atoms with Gasteiger partial charge in [0.05, 0.1) is 21.6 Å². The predicted molar refractivity (Wildman–Crippen MR) is 125 cm³/mol. The number of nitrogens with zero attached hydrogens (tertiary/aromatic N) is 1. The Balaban J connectivity index is 1.53. The molecule has 0 aliphatic heterocycles. The van der Waals surface area contributed by atoms with Gasteiger partial charge in [-0.3, -0.25) is 4.79 Å². The maximum atomic E-state index is 13.3. The summed E-state index contributed by atoms with van der Waals surface area (Å²) in [7, 11) is 1.96. The molecule has 2 fully saturated rings. The molecule has 4 rings (SSSR count). The number of carbonyl (C=O) groups excluding carboxylic acids is 1. The van der Waals surface area contributed by atoms with Crippen LogP contribution >= 0.6 is 11.6 Å². The van der Waals surface area contributed by atoms with Crippen LogP contribution in [-0.2, 0) is 4.79 Å². The molecule has 2 saturated carbocycles. The van der Waals surface area contributed by atoms with E-state index in [0.29, 0.717) is 22.7 Å². The molecule has 5 nitrogen and oxygen atoms in total. The van der Waals surface area contributed by atoms with Crippen molar-refractivity contribution in [1.82, 2.24) is 10.3 Å². The molecular formula is C24H33ClN4O. The summed E-state index contributed by atoms with van der Waals surface area (Å²) >= 11 is 6.52. The Bertz CT molecular complexity index is 905. The second-order valence-electron chi connectivity index (χ2n) is 9.07. The minimum Gasteiger partial charge on any atom is -0.368 e. The number of halogens is 1. The molecule has 1 heterocycles. The Morgan fingerprint density at radius 3 is 2.67 bits per heavy atom. The molecular weight excluding hydrogens is 396 g/mol. The maximum absolute atomic E-state index is 13.3. The number of aromatic nitrogens is 1. The Kier molecular flexibility index (Phi) is 6.49. The standard InChI is InChI=1S/C24H33ClN4O/c1-16(12-15-26-2)27-21-11-8-18-20(28-21)10-9-19(25)22(18)29-23(30)24(13-14-24)17-6-4-3-5-7-17/h8-11,16-17,26H,3-7,12-15H2,1-2H3,(H,27,28)(H,29,30). The maximum Gasteiger partial charge on any atom is 0.230 e.